The number of nitrogens with one attached hydrogen (secondary N) is 1. The lowest BCUT2D eigenvalue weighted by molar-refractivity contribution is 0.600. The quantitative estimate of drug-likeness (QED) is 0.802. The summed E-state index contributed by atoms with van der Waals surface area (Å²) in [6, 6.07) is 9.67. The first-order valence-corrected chi connectivity index (χ1v) is 8.29. The third kappa shape index (κ3) is 3.26. The molecule has 0 unspecified atom stereocenters. The molecule has 0 aliphatic rings. The molecule has 7 heteroatoms. The van der Waals surface area contributed by atoms with Crippen LogP contribution < -0.4 is 10.5 Å². The lowest BCUT2D eigenvalue weighted by Gasteiger charge is -2.12. The van der Waals surface area contributed by atoms with Crippen molar-refractivity contribution in [1.82, 2.24) is 0 Å². The van der Waals surface area contributed by atoms with Crippen molar-refractivity contribution in [2.75, 3.05) is 10.5 Å². The van der Waals surface area contributed by atoms with Crippen molar-refractivity contribution in [3.05, 3.63) is 51.5 Å². The van der Waals surface area contributed by atoms with Gasteiger partial charge in [-0.25, -0.2) is 8.42 Å². The zero-order valence-corrected chi connectivity index (χ0v) is 13.7. The van der Waals surface area contributed by atoms with E-state index < -0.39 is 10.0 Å². The Morgan fingerprint density at radius 1 is 1.20 bits per heavy atom. The molecule has 0 aromatic heterocycles. The van der Waals surface area contributed by atoms with Gasteiger partial charge < -0.3 is 5.73 Å². The summed E-state index contributed by atoms with van der Waals surface area (Å²) in [7, 11) is -3.74. The van der Waals surface area contributed by atoms with Gasteiger partial charge in [-0.3, -0.25) is 4.72 Å². The van der Waals surface area contributed by atoms with E-state index in [4.69, 9.17) is 17.3 Å². The maximum absolute atomic E-state index is 12.4. The summed E-state index contributed by atoms with van der Waals surface area (Å²) in [6.45, 7) is 1.70. The Morgan fingerprint density at radius 3 is 2.60 bits per heavy atom. The van der Waals surface area contributed by atoms with E-state index >= 15 is 0 Å². The third-order valence-corrected chi connectivity index (χ3v) is 5.00. The fourth-order valence-electron chi connectivity index (χ4n) is 1.68. The Morgan fingerprint density at radius 2 is 1.90 bits per heavy atom. The maximum atomic E-state index is 12.4. The number of anilines is 2. The summed E-state index contributed by atoms with van der Waals surface area (Å²) >= 11 is 9.26. The zero-order valence-electron chi connectivity index (χ0n) is 10.5. The Labute approximate surface area is 131 Å². The molecule has 0 spiro atoms. The van der Waals surface area contributed by atoms with Crippen molar-refractivity contribution < 1.29 is 8.42 Å². The van der Waals surface area contributed by atoms with Gasteiger partial charge in [0, 0.05) is 10.2 Å². The molecule has 0 amide bonds. The topological polar surface area (TPSA) is 72.2 Å². The average Bonchev–Trinajstić information content (AvgIpc) is 2.36. The summed E-state index contributed by atoms with van der Waals surface area (Å²) < 4.78 is 28.0. The Kier molecular flexibility index (Phi) is 4.27. The highest BCUT2D eigenvalue weighted by Gasteiger charge is 2.18. The first kappa shape index (κ1) is 15.2. The van der Waals surface area contributed by atoms with E-state index in [0.29, 0.717) is 22.0 Å². The molecule has 106 valence electrons. The van der Waals surface area contributed by atoms with Crippen LogP contribution in [0.2, 0.25) is 5.02 Å². The van der Waals surface area contributed by atoms with Crippen LogP contribution in [-0.4, -0.2) is 8.42 Å². The van der Waals surface area contributed by atoms with E-state index in [9.17, 15) is 8.42 Å². The molecule has 0 atom stereocenters. The average molecular weight is 376 g/mol. The van der Waals surface area contributed by atoms with Crippen molar-refractivity contribution >= 4 is 48.9 Å². The molecule has 3 N–H and O–H groups in total. The van der Waals surface area contributed by atoms with Crippen LogP contribution in [0.5, 0.6) is 0 Å². The monoisotopic (exact) mass is 374 g/mol. The number of hydrogen-bond acceptors (Lipinski definition) is 3. The highest BCUT2D eigenvalue weighted by molar-refractivity contribution is 9.10. The predicted octanol–water partition coefficient (Wildman–Crippen LogP) is 3.79. The predicted molar refractivity (Wildman–Crippen MR) is 85.6 cm³/mol. The summed E-state index contributed by atoms with van der Waals surface area (Å²) in [4.78, 5) is 0.133. The molecular formula is C13H12BrClN2O2S. The Hall–Kier alpha value is -1.24. The van der Waals surface area contributed by atoms with Gasteiger partial charge in [0.15, 0.2) is 0 Å². The molecule has 0 aliphatic heterocycles. The number of benzene rings is 2. The van der Waals surface area contributed by atoms with Crippen LogP contribution in [0.15, 0.2) is 45.8 Å². The van der Waals surface area contributed by atoms with Crippen LogP contribution in [0.1, 0.15) is 5.56 Å². The van der Waals surface area contributed by atoms with Gasteiger partial charge in [0.25, 0.3) is 10.0 Å². The van der Waals surface area contributed by atoms with Crippen LogP contribution in [0.3, 0.4) is 0 Å². The number of hydrogen-bond donors (Lipinski definition) is 2. The largest absolute Gasteiger partial charge is 0.399 e. The molecule has 0 saturated carbocycles. The van der Waals surface area contributed by atoms with Gasteiger partial charge in [0.2, 0.25) is 0 Å². The lowest BCUT2D eigenvalue weighted by atomic mass is 10.2. The summed E-state index contributed by atoms with van der Waals surface area (Å²) in [5.41, 5.74) is 6.95. The van der Waals surface area contributed by atoms with Crippen molar-refractivity contribution in [1.29, 1.82) is 0 Å². The number of rotatable bonds is 3. The molecule has 0 radical (unpaired) electrons. The molecule has 0 saturated heterocycles. The molecule has 0 bridgehead atoms. The van der Waals surface area contributed by atoms with Gasteiger partial charge in [-0.1, -0.05) is 33.6 Å². The van der Waals surface area contributed by atoms with Crippen molar-refractivity contribution in [3.8, 4) is 0 Å². The molecule has 0 fully saturated rings. The number of halogens is 2. The van der Waals surface area contributed by atoms with Gasteiger partial charge in [-0.2, -0.15) is 0 Å². The van der Waals surface area contributed by atoms with Crippen molar-refractivity contribution in [2.45, 2.75) is 11.8 Å². The molecule has 20 heavy (non-hydrogen) atoms. The number of nitrogen functional groups attached to an aromatic ring is 1. The Balaban J connectivity index is 2.46. The molecule has 0 aliphatic carbocycles. The minimum Gasteiger partial charge on any atom is -0.399 e. The van der Waals surface area contributed by atoms with Gasteiger partial charge in [-0.05, 0) is 42.8 Å². The number of sulfonamides is 1. The molecule has 2 aromatic rings. The highest BCUT2D eigenvalue weighted by Crippen LogP contribution is 2.29. The fourth-order valence-corrected chi connectivity index (χ4v) is 3.62. The van der Waals surface area contributed by atoms with Crippen molar-refractivity contribution in [2.24, 2.45) is 0 Å². The van der Waals surface area contributed by atoms with E-state index in [1.54, 1.807) is 37.3 Å². The molecule has 2 rings (SSSR count). The third-order valence-electron chi connectivity index (χ3n) is 2.67. The summed E-state index contributed by atoms with van der Waals surface area (Å²) in [5.74, 6) is 0. The maximum Gasteiger partial charge on any atom is 0.262 e. The van der Waals surface area contributed by atoms with Crippen LogP contribution in [0, 0.1) is 6.92 Å². The Bertz CT molecular complexity index is 763. The van der Waals surface area contributed by atoms with Crippen LogP contribution in [0.4, 0.5) is 11.4 Å². The van der Waals surface area contributed by atoms with E-state index in [-0.39, 0.29) is 4.90 Å². The van der Waals surface area contributed by atoms with Gasteiger partial charge in [-0.15, -0.1) is 0 Å². The van der Waals surface area contributed by atoms with E-state index in [1.165, 1.54) is 6.07 Å². The zero-order chi connectivity index (χ0) is 14.9. The van der Waals surface area contributed by atoms with Crippen molar-refractivity contribution in [3.63, 3.8) is 0 Å². The standard InChI is InChI=1S/C13H12BrClN2O2S/c1-8-2-4-10(16)7-13(8)20(18,19)17-12-6-9(14)3-5-11(12)15/h2-7,17H,16H2,1H3. The van der Waals surface area contributed by atoms with E-state index in [0.717, 1.165) is 4.47 Å². The van der Waals surface area contributed by atoms with Crippen LogP contribution >= 0.6 is 27.5 Å². The molecular weight excluding hydrogens is 364 g/mol. The van der Waals surface area contributed by atoms with E-state index in [2.05, 4.69) is 20.7 Å². The molecule has 4 nitrogen and oxygen atoms in total. The first-order valence-electron chi connectivity index (χ1n) is 5.63. The second kappa shape index (κ2) is 5.63. The number of nitrogens with two attached hydrogens (primary N) is 1. The smallest absolute Gasteiger partial charge is 0.262 e. The second-order valence-electron chi connectivity index (χ2n) is 4.25. The van der Waals surface area contributed by atoms with Crippen LogP contribution in [0.25, 0.3) is 0 Å². The molecule has 0 heterocycles. The highest BCUT2D eigenvalue weighted by atomic mass is 79.9. The van der Waals surface area contributed by atoms with E-state index in [1.807, 2.05) is 0 Å². The summed E-state index contributed by atoms with van der Waals surface area (Å²) in [6.07, 6.45) is 0. The fraction of sp³-hybridized carbons (Fsp3) is 0.0769. The second-order valence-corrected chi connectivity index (χ2v) is 7.23. The van der Waals surface area contributed by atoms with Gasteiger partial charge in [0.1, 0.15) is 0 Å². The van der Waals surface area contributed by atoms with Gasteiger partial charge in [0.05, 0.1) is 15.6 Å². The normalized spacial score (nSPS) is 11.3. The SMILES string of the molecule is Cc1ccc(N)cc1S(=O)(=O)Nc1cc(Br)ccc1Cl. The minimum atomic E-state index is -3.74. The lowest BCUT2D eigenvalue weighted by Crippen LogP contribution is -2.15. The van der Waals surface area contributed by atoms with Gasteiger partial charge >= 0.3 is 0 Å². The molecule has 2 aromatic carbocycles. The summed E-state index contributed by atoms with van der Waals surface area (Å²) in [5, 5.41) is 0.318. The van der Waals surface area contributed by atoms with Crippen LogP contribution in [-0.2, 0) is 10.0 Å². The number of aryl methyl sites for hydroxylation is 1. The first-order chi connectivity index (χ1) is 9.29. The minimum absolute atomic E-state index is 0.133.